The van der Waals surface area contributed by atoms with Gasteiger partial charge in [-0.1, -0.05) is 19.4 Å². The van der Waals surface area contributed by atoms with Crippen LogP contribution in [0.4, 0.5) is 0 Å². The monoisotopic (exact) mass is 240 g/mol. The van der Waals surface area contributed by atoms with Crippen molar-refractivity contribution in [1.29, 1.82) is 0 Å². The summed E-state index contributed by atoms with van der Waals surface area (Å²) in [4.78, 5) is 1.41. The molecule has 0 aliphatic rings. The van der Waals surface area contributed by atoms with Crippen molar-refractivity contribution < 1.29 is 0 Å². The average molecular weight is 240 g/mol. The molecular formula is C13H20S2. The summed E-state index contributed by atoms with van der Waals surface area (Å²) in [7, 11) is 0. The molecule has 0 amide bonds. The topological polar surface area (TPSA) is 0 Å². The fraction of sp³-hybridized carbons (Fsp3) is 0.538. The maximum absolute atomic E-state index is 4.22. The lowest BCUT2D eigenvalue weighted by atomic mass is 10.0. The standard InChI is InChI=1S/C13H20S2/c1-3-5-12-10-13(7-6-11(12)2)15-9-4-8-14/h6-7,10,14H,3-5,8-9H2,1-2H3. The van der Waals surface area contributed by atoms with E-state index >= 15 is 0 Å². The van der Waals surface area contributed by atoms with E-state index in [2.05, 4.69) is 44.7 Å². The second-order valence-electron chi connectivity index (χ2n) is 3.76. The Bertz CT molecular complexity index is 295. The van der Waals surface area contributed by atoms with Crippen LogP contribution in [0.2, 0.25) is 0 Å². The zero-order valence-corrected chi connectivity index (χ0v) is 11.3. The third-order valence-electron chi connectivity index (χ3n) is 2.41. The Labute approximate surface area is 103 Å². The summed E-state index contributed by atoms with van der Waals surface area (Å²) < 4.78 is 0. The zero-order valence-electron chi connectivity index (χ0n) is 9.62. The number of benzene rings is 1. The summed E-state index contributed by atoms with van der Waals surface area (Å²) in [6.45, 7) is 4.44. The molecule has 84 valence electrons. The highest BCUT2D eigenvalue weighted by Gasteiger charge is 2.00. The van der Waals surface area contributed by atoms with Crippen LogP contribution in [-0.2, 0) is 6.42 Å². The van der Waals surface area contributed by atoms with E-state index in [9.17, 15) is 0 Å². The van der Waals surface area contributed by atoms with E-state index in [1.165, 1.54) is 41.0 Å². The molecule has 1 rings (SSSR count). The molecule has 0 N–H and O–H groups in total. The van der Waals surface area contributed by atoms with Crippen molar-refractivity contribution in [2.75, 3.05) is 11.5 Å². The highest BCUT2D eigenvalue weighted by molar-refractivity contribution is 7.99. The molecular weight excluding hydrogens is 220 g/mol. The van der Waals surface area contributed by atoms with Gasteiger partial charge < -0.3 is 0 Å². The van der Waals surface area contributed by atoms with Gasteiger partial charge in [0.15, 0.2) is 0 Å². The SMILES string of the molecule is CCCc1cc(SCCCS)ccc1C. The van der Waals surface area contributed by atoms with Gasteiger partial charge >= 0.3 is 0 Å². The summed E-state index contributed by atoms with van der Waals surface area (Å²) in [6.07, 6.45) is 3.61. The first-order valence-corrected chi connectivity index (χ1v) is 7.23. The summed E-state index contributed by atoms with van der Waals surface area (Å²) >= 11 is 6.17. The summed E-state index contributed by atoms with van der Waals surface area (Å²) in [5, 5.41) is 0. The lowest BCUT2D eigenvalue weighted by Gasteiger charge is -2.07. The Morgan fingerprint density at radius 2 is 2.13 bits per heavy atom. The van der Waals surface area contributed by atoms with Crippen molar-refractivity contribution in [3.63, 3.8) is 0 Å². The molecule has 0 saturated heterocycles. The van der Waals surface area contributed by atoms with Gasteiger partial charge in [0.25, 0.3) is 0 Å². The van der Waals surface area contributed by atoms with Gasteiger partial charge in [0, 0.05) is 4.90 Å². The van der Waals surface area contributed by atoms with Crippen LogP contribution >= 0.6 is 24.4 Å². The Balaban J connectivity index is 2.61. The minimum atomic E-state index is 0.987. The lowest BCUT2D eigenvalue weighted by Crippen LogP contribution is -1.89. The Hall–Kier alpha value is -0.0800. The van der Waals surface area contributed by atoms with Gasteiger partial charge in [-0.3, -0.25) is 0 Å². The maximum Gasteiger partial charge on any atom is 0.00748 e. The molecule has 0 nitrogen and oxygen atoms in total. The smallest absolute Gasteiger partial charge is 0.00748 e. The Kier molecular flexibility index (Phi) is 6.26. The van der Waals surface area contributed by atoms with Gasteiger partial charge in [-0.05, 0) is 54.5 Å². The van der Waals surface area contributed by atoms with Crippen LogP contribution in [0, 0.1) is 6.92 Å². The number of hydrogen-bond acceptors (Lipinski definition) is 2. The first-order valence-electron chi connectivity index (χ1n) is 5.61. The molecule has 2 heteroatoms. The highest BCUT2D eigenvalue weighted by atomic mass is 32.2. The minimum Gasteiger partial charge on any atom is -0.179 e. The van der Waals surface area contributed by atoms with Gasteiger partial charge in [0.05, 0.1) is 0 Å². The number of thioether (sulfide) groups is 1. The second-order valence-corrected chi connectivity index (χ2v) is 5.38. The highest BCUT2D eigenvalue weighted by Crippen LogP contribution is 2.23. The summed E-state index contributed by atoms with van der Waals surface area (Å²) in [5.74, 6) is 2.17. The average Bonchev–Trinajstić information content (AvgIpc) is 2.23. The predicted molar refractivity (Wildman–Crippen MR) is 74.4 cm³/mol. The van der Waals surface area contributed by atoms with Gasteiger partial charge in [0.2, 0.25) is 0 Å². The first-order chi connectivity index (χ1) is 7.27. The van der Waals surface area contributed by atoms with Gasteiger partial charge in [-0.25, -0.2) is 0 Å². The second kappa shape index (κ2) is 7.24. The minimum absolute atomic E-state index is 0.987. The molecule has 0 unspecified atom stereocenters. The number of aryl methyl sites for hydroxylation is 2. The molecule has 0 atom stereocenters. The lowest BCUT2D eigenvalue weighted by molar-refractivity contribution is 0.908. The van der Waals surface area contributed by atoms with E-state index in [1.54, 1.807) is 0 Å². The van der Waals surface area contributed by atoms with Gasteiger partial charge in [0.1, 0.15) is 0 Å². The predicted octanol–water partition coefficient (Wildman–Crippen LogP) is 4.36. The molecule has 0 aliphatic carbocycles. The summed E-state index contributed by atoms with van der Waals surface area (Å²) in [6, 6.07) is 6.83. The number of thiol groups is 1. The Morgan fingerprint density at radius 3 is 2.80 bits per heavy atom. The van der Waals surface area contributed by atoms with Gasteiger partial charge in [-0.2, -0.15) is 12.6 Å². The fourth-order valence-corrected chi connectivity index (χ4v) is 2.82. The molecule has 0 spiro atoms. The molecule has 0 aliphatic heterocycles. The zero-order chi connectivity index (χ0) is 11.1. The van der Waals surface area contributed by atoms with E-state index in [0.717, 1.165) is 5.75 Å². The van der Waals surface area contributed by atoms with Crippen molar-refractivity contribution in [2.24, 2.45) is 0 Å². The number of hydrogen-bond donors (Lipinski definition) is 1. The molecule has 0 heterocycles. The van der Waals surface area contributed by atoms with E-state index in [4.69, 9.17) is 0 Å². The van der Waals surface area contributed by atoms with Crippen molar-refractivity contribution in [1.82, 2.24) is 0 Å². The van der Waals surface area contributed by atoms with Crippen LogP contribution in [0.25, 0.3) is 0 Å². The molecule has 15 heavy (non-hydrogen) atoms. The Morgan fingerprint density at radius 1 is 1.33 bits per heavy atom. The van der Waals surface area contributed by atoms with Crippen LogP contribution in [0.1, 0.15) is 30.9 Å². The van der Waals surface area contributed by atoms with Crippen LogP contribution < -0.4 is 0 Å². The molecule has 0 fully saturated rings. The van der Waals surface area contributed by atoms with Crippen LogP contribution in [0.5, 0.6) is 0 Å². The third-order valence-corrected chi connectivity index (χ3v) is 3.81. The molecule has 0 bridgehead atoms. The largest absolute Gasteiger partial charge is 0.179 e. The molecule has 1 aromatic rings. The third kappa shape index (κ3) is 4.52. The first kappa shape index (κ1) is 13.0. The molecule has 0 radical (unpaired) electrons. The van der Waals surface area contributed by atoms with Crippen LogP contribution in [0.15, 0.2) is 23.1 Å². The quantitative estimate of drug-likeness (QED) is 0.438. The van der Waals surface area contributed by atoms with E-state index in [1.807, 2.05) is 11.8 Å². The van der Waals surface area contributed by atoms with Crippen LogP contribution in [-0.4, -0.2) is 11.5 Å². The van der Waals surface area contributed by atoms with E-state index in [-0.39, 0.29) is 0 Å². The van der Waals surface area contributed by atoms with Crippen molar-refractivity contribution in [2.45, 2.75) is 38.0 Å². The normalized spacial score (nSPS) is 10.6. The maximum atomic E-state index is 4.22. The van der Waals surface area contributed by atoms with Crippen molar-refractivity contribution in [3.8, 4) is 0 Å². The fourth-order valence-electron chi connectivity index (χ4n) is 1.53. The van der Waals surface area contributed by atoms with Crippen LogP contribution in [0.3, 0.4) is 0 Å². The van der Waals surface area contributed by atoms with E-state index in [0.29, 0.717) is 0 Å². The summed E-state index contributed by atoms with van der Waals surface area (Å²) in [5.41, 5.74) is 2.93. The molecule has 0 aromatic heterocycles. The van der Waals surface area contributed by atoms with Crippen molar-refractivity contribution >= 4 is 24.4 Å². The molecule has 0 saturated carbocycles. The van der Waals surface area contributed by atoms with E-state index < -0.39 is 0 Å². The molecule has 1 aromatic carbocycles. The van der Waals surface area contributed by atoms with Gasteiger partial charge in [-0.15, -0.1) is 11.8 Å². The number of rotatable bonds is 6. The van der Waals surface area contributed by atoms with Crippen molar-refractivity contribution in [3.05, 3.63) is 29.3 Å².